The Hall–Kier alpha value is -3.08. The number of esters is 1. The topological polar surface area (TPSA) is 68.5 Å². The van der Waals surface area contributed by atoms with Gasteiger partial charge < -0.3 is 14.5 Å². The van der Waals surface area contributed by atoms with Crippen molar-refractivity contribution in [2.75, 3.05) is 11.9 Å². The van der Waals surface area contributed by atoms with E-state index in [0.29, 0.717) is 16.8 Å². The van der Waals surface area contributed by atoms with E-state index in [4.69, 9.17) is 9.15 Å². The summed E-state index contributed by atoms with van der Waals surface area (Å²) in [7, 11) is 0. The smallest absolute Gasteiger partial charge is 0.375 e. The Morgan fingerprint density at radius 2 is 1.92 bits per heavy atom. The number of anilines is 1. The van der Waals surface area contributed by atoms with E-state index in [1.807, 2.05) is 43.3 Å². The standard InChI is InChI=1S/C20H19NO4/c1-3-14-7-6-8-15(11-14)21-18(22)12-24-20(23)19-13(2)16-9-4-5-10-17(16)25-19/h4-11H,3,12H2,1-2H3,(H,21,22). The van der Waals surface area contributed by atoms with Gasteiger partial charge in [-0.2, -0.15) is 0 Å². The molecule has 0 saturated carbocycles. The predicted molar refractivity (Wildman–Crippen MR) is 95.7 cm³/mol. The van der Waals surface area contributed by atoms with E-state index in [0.717, 1.165) is 17.4 Å². The second kappa shape index (κ2) is 7.21. The van der Waals surface area contributed by atoms with Crippen LogP contribution >= 0.6 is 0 Å². The highest BCUT2D eigenvalue weighted by atomic mass is 16.5. The molecular formula is C20H19NO4. The quantitative estimate of drug-likeness (QED) is 0.712. The normalized spacial score (nSPS) is 10.6. The molecule has 5 nitrogen and oxygen atoms in total. The Bertz CT molecular complexity index is 926. The van der Waals surface area contributed by atoms with Crippen LogP contribution in [0.5, 0.6) is 0 Å². The minimum atomic E-state index is -0.647. The molecule has 1 N–H and O–H groups in total. The molecule has 25 heavy (non-hydrogen) atoms. The van der Waals surface area contributed by atoms with Gasteiger partial charge in [-0.25, -0.2) is 4.79 Å². The summed E-state index contributed by atoms with van der Waals surface area (Å²) in [5.41, 5.74) is 3.12. The van der Waals surface area contributed by atoms with Gasteiger partial charge in [-0.15, -0.1) is 0 Å². The number of aryl methyl sites for hydroxylation is 2. The Kier molecular flexibility index (Phi) is 4.84. The van der Waals surface area contributed by atoms with Gasteiger partial charge in [0.1, 0.15) is 5.58 Å². The van der Waals surface area contributed by atoms with Crippen LogP contribution in [0.3, 0.4) is 0 Å². The van der Waals surface area contributed by atoms with Gasteiger partial charge in [-0.1, -0.05) is 37.3 Å². The molecule has 3 aromatic rings. The molecule has 0 fully saturated rings. The zero-order chi connectivity index (χ0) is 17.8. The fourth-order valence-electron chi connectivity index (χ4n) is 2.63. The number of rotatable bonds is 5. The van der Waals surface area contributed by atoms with Gasteiger partial charge in [0.05, 0.1) is 0 Å². The van der Waals surface area contributed by atoms with Crippen molar-refractivity contribution in [2.45, 2.75) is 20.3 Å². The Labute approximate surface area is 145 Å². The van der Waals surface area contributed by atoms with Crippen LogP contribution in [-0.4, -0.2) is 18.5 Å². The molecule has 0 aliphatic rings. The van der Waals surface area contributed by atoms with Gasteiger partial charge in [0.15, 0.2) is 6.61 Å². The zero-order valence-electron chi connectivity index (χ0n) is 14.2. The summed E-state index contributed by atoms with van der Waals surface area (Å²) in [6.45, 7) is 3.46. The zero-order valence-corrected chi connectivity index (χ0v) is 14.2. The lowest BCUT2D eigenvalue weighted by atomic mass is 10.1. The maximum Gasteiger partial charge on any atom is 0.375 e. The van der Waals surface area contributed by atoms with Crippen molar-refractivity contribution in [3.05, 3.63) is 65.4 Å². The van der Waals surface area contributed by atoms with Crippen LogP contribution in [0.4, 0.5) is 5.69 Å². The number of furan rings is 1. The summed E-state index contributed by atoms with van der Waals surface area (Å²) in [4.78, 5) is 24.2. The van der Waals surface area contributed by atoms with Crippen molar-refractivity contribution in [3.63, 3.8) is 0 Å². The van der Waals surface area contributed by atoms with E-state index in [1.54, 1.807) is 19.1 Å². The predicted octanol–water partition coefficient (Wildman–Crippen LogP) is 4.10. The fourth-order valence-corrected chi connectivity index (χ4v) is 2.63. The summed E-state index contributed by atoms with van der Waals surface area (Å²) in [6.07, 6.45) is 0.879. The summed E-state index contributed by atoms with van der Waals surface area (Å²) in [5.74, 6) is -0.913. The number of benzene rings is 2. The first-order valence-corrected chi connectivity index (χ1v) is 8.12. The van der Waals surface area contributed by atoms with E-state index in [9.17, 15) is 9.59 Å². The first kappa shape index (κ1) is 16.8. The summed E-state index contributed by atoms with van der Waals surface area (Å²) in [5, 5.41) is 3.57. The Morgan fingerprint density at radius 3 is 2.68 bits per heavy atom. The van der Waals surface area contributed by atoms with E-state index < -0.39 is 11.9 Å². The largest absolute Gasteiger partial charge is 0.450 e. The number of para-hydroxylation sites is 1. The van der Waals surface area contributed by atoms with Gasteiger partial charge in [-0.05, 0) is 37.1 Å². The highest BCUT2D eigenvalue weighted by molar-refractivity contribution is 5.98. The van der Waals surface area contributed by atoms with Gasteiger partial charge in [0.25, 0.3) is 5.91 Å². The molecule has 0 saturated heterocycles. The molecule has 1 aromatic heterocycles. The van der Waals surface area contributed by atoms with Crippen molar-refractivity contribution < 1.29 is 18.7 Å². The third-order valence-corrected chi connectivity index (χ3v) is 3.98. The van der Waals surface area contributed by atoms with E-state index in [-0.39, 0.29) is 12.4 Å². The third-order valence-electron chi connectivity index (χ3n) is 3.98. The van der Waals surface area contributed by atoms with Crippen molar-refractivity contribution in [1.29, 1.82) is 0 Å². The molecule has 3 rings (SSSR count). The number of ether oxygens (including phenoxy) is 1. The molecule has 0 aliphatic carbocycles. The molecule has 0 radical (unpaired) electrons. The van der Waals surface area contributed by atoms with Crippen molar-refractivity contribution in [2.24, 2.45) is 0 Å². The molecular weight excluding hydrogens is 318 g/mol. The van der Waals surface area contributed by atoms with Gasteiger partial charge in [-0.3, -0.25) is 4.79 Å². The van der Waals surface area contributed by atoms with Crippen LogP contribution < -0.4 is 5.32 Å². The first-order valence-electron chi connectivity index (χ1n) is 8.12. The van der Waals surface area contributed by atoms with Crippen LogP contribution in [0.1, 0.15) is 28.6 Å². The Balaban J connectivity index is 1.63. The maximum absolute atomic E-state index is 12.2. The molecule has 0 atom stereocenters. The number of hydrogen-bond acceptors (Lipinski definition) is 4. The maximum atomic E-state index is 12.2. The Morgan fingerprint density at radius 1 is 1.12 bits per heavy atom. The number of nitrogens with one attached hydrogen (secondary N) is 1. The molecule has 0 aliphatic heterocycles. The van der Waals surface area contributed by atoms with Crippen LogP contribution in [0, 0.1) is 6.92 Å². The number of hydrogen-bond donors (Lipinski definition) is 1. The number of amides is 1. The molecule has 0 unspecified atom stereocenters. The second-order valence-electron chi connectivity index (χ2n) is 5.73. The lowest BCUT2D eigenvalue weighted by molar-refractivity contribution is -0.119. The molecule has 0 spiro atoms. The molecule has 1 amide bonds. The van der Waals surface area contributed by atoms with Crippen molar-refractivity contribution >= 4 is 28.5 Å². The van der Waals surface area contributed by atoms with Crippen LogP contribution in [0.2, 0.25) is 0 Å². The first-order chi connectivity index (χ1) is 12.1. The second-order valence-corrected chi connectivity index (χ2v) is 5.73. The minimum absolute atomic E-state index is 0.127. The molecule has 5 heteroatoms. The lowest BCUT2D eigenvalue weighted by Gasteiger charge is -2.07. The minimum Gasteiger partial charge on any atom is -0.450 e. The van der Waals surface area contributed by atoms with E-state index in [2.05, 4.69) is 5.32 Å². The fraction of sp³-hybridized carbons (Fsp3) is 0.200. The number of fused-ring (bicyclic) bond motifs is 1. The highest BCUT2D eigenvalue weighted by Crippen LogP contribution is 2.25. The monoisotopic (exact) mass is 337 g/mol. The van der Waals surface area contributed by atoms with Crippen LogP contribution in [0.15, 0.2) is 52.9 Å². The average Bonchev–Trinajstić information content (AvgIpc) is 2.97. The third kappa shape index (κ3) is 3.71. The molecule has 2 aromatic carbocycles. The van der Waals surface area contributed by atoms with Crippen molar-refractivity contribution in [1.82, 2.24) is 0 Å². The molecule has 1 heterocycles. The summed E-state index contributed by atoms with van der Waals surface area (Å²) < 4.78 is 10.6. The highest BCUT2D eigenvalue weighted by Gasteiger charge is 2.19. The molecule has 0 bridgehead atoms. The van der Waals surface area contributed by atoms with E-state index >= 15 is 0 Å². The number of carbonyl (C=O) groups is 2. The SMILES string of the molecule is CCc1cccc(NC(=O)COC(=O)c2oc3ccccc3c2C)c1. The average molecular weight is 337 g/mol. The number of carbonyl (C=O) groups excluding carboxylic acids is 2. The summed E-state index contributed by atoms with van der Waals surface area (Å²) in [6, 6.07) is 14.9. The van der Waals surface area contributed by atoms with Crippen LogP contribution in [-0.2, 0) is 16.0 Å². The van der Waals surface area contributed by atoms with Gasteiger partial charge in [0.2, 0.25) is 5.76 Å². The van der Waals surface area contributed by atoms with Gasteiger partial charge in [0, 0.05) is 16.6 Å². The van der Waals surface area contributed by atoms with Crippen LogP contribution in [0.25, 0.3) is 11.0 Å². The lowest BCUT2D eigenvalue weighted by Crippen LogP contribution is -2.21. The van der Waals surface area contributed by atoms with Gasteiger partial charge >= 0.3 is 5.97 Å². The molecule has 128 valence electrons. The summed E-state index contributed by atoms with van der Waals surface area (Å²) >= 11 is 0. The van der Waals surface area contributed by atoms with E-state index in [1.165, 1.54) is 0 Å². The van der Waals surface area contributed by atoms with Crippen molar-refractivity contribution in [3.8, 4) is 0 Å².